The lowest BCUT2D eigenvalue weighted by Crippen LogP contribution is -2.48. The third kappa shape index (κ3) is 1.63. The minimum Gasteiger partial charge on any atom is -0.380 e. The van der Waals surface area contributed by atoms with Crippen molar-refractivity contribution in [3.63, 3.8) is 0 Å². The molecule has 0 spiro atoms. The maximum Gasteiger partial charge on any atom is 0.254 e. The molecule has 14 heavy (non-hydrogen) atoms. The summed E-state index contributed by atoms with van der Waals surface area (Å²) in [6.07, 6.45) is 0.835. The average molecular weight is 201 g/mol. The summed E-state index contributed by atoms with van der Waals surface area (Å²) in [6, 6.07) is 0. The van der Waals surface area contributed by atoms with Crippen molar-refractivity contribution in [1.82, 2.24) is 4.90 Å². The number of aliphatic hydroxyl groups is 1. The van der Waals surface area contributed by atoms with Crippen molar-refractivity contribution in [2.75, 3.05) is 13.1 Å². The third-order valence-corrected chi connectivity index (χ3v) is 3.28. The molecular formula is C10H16FNO2. The minimum absolute atomic E-state index is 0.0351. The van der Waals surface area contributed by atoms with E-state index in [1.807, 2.05) is 6.92 Å². The van der Waals surface area contributed by atoms with E-state index in [1.165, 1.54) is 4.90 Å². The van der Waals surface area contributed by atoms with Crippen LogP contribution in [-0.2, 0) is 4.79 Å². The van der Waals surface area contributed by atoms with Crippen molar-refractivity contribution in [2.24, 2.45) is 5.92 Å². The molecule has 1 amide bonds. The Morgan fingerprint density at radius 1 is 1.57 bits per heavy atom. The van der Waals surface area contributed by atoms with E-state index in [1.54, 1.807) is 0 Å². The number of carbonyl (C=O) groups excluding carboxylic acids is 1. The molecule has 3 nitrogen and oxygen atoms in total. The number of rotatable bonds is 1. The first-order valence-electron chi connectivity index (χ1n) is 5.19. The van der Waals surface area contributed by atoms with Gasteiger partial charge in [-0.05, 0) is 25.2 Å². The van der Waals surface area contributed by atoms with Crippen LogP contribution in [0.3, 0.4) is 0 Å². The van der Waals surface area contributed by atoms with Crippen LogP contribution in [0, 0.1) is 5.92 Å². The highest BCUT2D eigenvalue weighted by atomic mass is 19.1. The number of halogens is 1. The van der Waals surface area contributed by atoms with E-state index in [4.69, 9.17) is 0 Å². The highest BCUT2D eigenvalue weighted by molar-refractivity contribution is 5.87. The standard InChI is InChI=1S/C10H16FNO2/c1-7-2-5-12(6-8(7)11)9(13)10(14)3-4-10/h7-8,14H,2-6H2,1H3. The van der Waals surface area contributed by atoms with Gasteiger partial charge in [0.2, 0.25) is 0 Å². The summed E-state index contributed by atoms with van der Waals surface area (Å²) >= 11 is 0. The molecule has 0 aromatic rings. The van der Waals surface area contributed by atoms with Crippen molar-refractivity contribution < 1.29 is 14.3 Å². The molecule has 1 saturated carbocycles. The Labute approximate surface area is 82.9 Å². The van der Waals surface area contributed by atoms with E-state index < -0.39 is 11.8 Å². The molecule has 1 aliphatic heterocycles. The maximum atomic E-state index is 13.3. The van der Waals surface area contributed by atoms with Gasteiger partial charge in [-0.1, -0.05) is 6.92 Å². The smallest absolute Gasteiger partial charge is 0.254 e. The predicted molar refractivity (Wildman–Crippen MR) is 49.4 cm³/mol. The summed E-state index contributed by atoms with van der Waals surface area (Å²) < 4.78 is 13.3. The molecule has 2 aliphatic rings. The second-order valence-corrected chi connectivity index (χ2v) is 4.56. The molecule has 2 unspecified atom stereocenters. The van der Waals surface area contributed by atoms with Crippen LogP contribution in [0.25, 0.3) is 0 Å². The zero-order valence-electron chi connectivity index (χ0n) is 8.37. The van der Waals surface area contributed by atoms with Gasteiger partial charge in [0.15, 0.2) is 0 Å². The zero-order valence-corrected chi connectivity index (χ0v) is 8.37. The summed E-state index contributed by atoms with van der Waals surface area (Å²) in [5.74, 6) is -0.236. The second kappa shape index (κ2) is 3.19. The zero-order chi connectivity index (χ0) is 10.3. The van der Waals surface area contributed by atoms with E-state index in [2.05, 4.69) is 0 Å². The molecule has 2 rings (SSSR count). The van der Waals surface area contributed by atoms with Crippen LogP contribution in [0.2, 0.25) is 0 Å². The lowest BCUT2D eigenvalue weighted by Gasteiger charge is -2.34. The molecule has 4 heteroatoms. The van der Waals surface area contributed by atoms with E-state index in [0.29, 0.717) is 25.8 Å². The van der Waals surface area contributed by atoms with E-state index in [0.717, 1.165) is 0 Å². The number of hydrogen-bond acceptors (Lipinski definition) is 2. The van der Waals surface area contributed by atoms with Gasteiger partial charge in [0.25, 0.3) is 5.91 Å². The number of carbonyl (C=O) groups is 1. The molecule has 0 aromatic heterocycles. The van der Waals surface area contributed by atoms with Gasteiger partial charge in [-0.25, -0.2) is 4.39 Å². The predicted octanol–water partition coefficient (Wildman–Crippen LogP) is 0.718. The van der Waals surface area contributed by atoms with Gasteiger partial charge in [0.05, 0.1) is 6.54 Å². The molecule has 1 N–H and O–H groups in total. The quantitative estimate of drug-likeness (QED) is 0.679. The van der Waals surface area contributed by atoms with Gasteiger partial charge in [-0.3, -0.25) is 4.79 Å². The fourth-order valence-corrected chi connectivity index (χ4v) is 1.83. The number of nitrogens with zero attached hydrogens (tertiary/aromatic N) is 1. The van der Waals surface area contributed by atoms with Crippen molar-refractivity contribution in [3.05, 3.63) is 0 Å². The third-order valence-electron chi connectivity index (χ3n) is 3.28. The molecule has 1 saturated heterocycles. The molecule has 1 aliphatic carbocycles. The Kier molecular flexibility index (Phi) is 2.26. The summed E-state index contributed by atoms with van der Waals surface area (Å²) in [5.41, 5.74) is -1.14. The van der Waals surface area contributed by atoms with Crippen LogP contribution >= 0.6 is 0 Å². The highest BCUT2D eigenvalue weighted by Crippen LogP contribution is 2.37. The first-order valence-corrected chi connectivity index (χ1v) is 5.19. The first-order chi connectivity index (χ1) is 6.53. The molecule has 2 fully saturated rings. The molecule has 0 bridgehead atoms. The van der Waals surface area contributed by atoms with Crippen molar-refractivity contribution >= 4 is 5.91 Å². The molecule has 1 heterocycles. The van der Waals surface area contributed by atoms with Gasteiger partial charge >= 0.3 is 0 Å². The number of alkyl halides is 1. The van der Waals surface area contributed by atoms with Crippen LogP contribution in [0.4, 0.5) is 4.39 Å². The Morgan fingerprint density at radius 2 is 2.21 bits per heavy atom. The Morgan fingerprint density at radius 3 is 2.71 bits per heavy atom. The first kappa shape index (κ1) is 9.90. The van der Waals surface area contributed by atoms with Crippen LogP contribution in [-0.4, -0.2) is 40.8 Å². The van der Waals surface area contributed by atoms with Crippen molar-refractivity contribution in [2.45, 2.75) is 38.0 Å². The van der Waals surface area contributed by atoms with Crippen LogP contribution < -0.4 is 0 Å². The van der Waals surface area contributed by atoms with Crippen LogP contribution in [0.5, 0.6) is 0 Å². The van der Waals surface area contributed by atoms with E-state index in [9.17, 15) is 14.3 Å². The average Bonchev–Trinajstić information content (AvgIpc) is 2.89. The fraction of sp³-hybridized carbons (Fsp3) is 0.900. The monoisotopic (exact) mass is 201 g/mol. The number of amides is 1. The van der Waals surface area contributed by atoms with E-state index >= 15 is 0 Å². The number of hydrogen-bond donors (Lipinski definition) is 1. The van der Waals surface area contributed by atoms with Gasteiger partial charge in [0.1, 0.15) is 11.8 Å². The van der Waals surface area contributed by atoms with Gasteiger partial charge in [0, 0.05) is 6.54 Å². The summed E-state index contributed by atoms with van der Waals surface area (Å²) in [5, 5.41) is 9.59. The largest absolute Gasteiger partial charge is 0.380 e. The normalized spacial score (nSPS) is 35.5. The van der Waals surface area contributed by atoms with Gasteiger partial charge in [-0.2, -0.15) is 0 Å². The minimum atomic E-state index is -1.14. The molecule has 80 valence electrons. The van der Waals surface area contributed by atoms with Crippen molar-refractivity contribution in [1.29, 1.82) is 0 Å². The molecular weight excluding hydrogens is 185 g/mol. The Bertz CT molecular complexity index is 253. The summed E-state index contributed by atoms with van der Waals surface area (Å²) in [6.45, 7) is 2.60. The summed E-state index contributed by atoms with van der Waals surface area (Å²) in [4.78, 5) is 13.1. The highest BCUT2D eigenvalue weighted by Gasteiger charge is 2.51. The summed E-state index contributed by atoms with van der Waals surface area (Å²) in [7, 11) is 0. The second-order valence-electron chi connectivity index (χ2n) is 4.56. The van der Waals surface area contributed by atoms with Gasteiger partial charge in [-0.15, -0.1) is 0 Å². The Hall–Kier alpha value is -0.640. The number of likely N-dealkylation sites (tertiary alicyclic amines) is 1. The number of piperidine rings is 1. The fourth-order valence-electron chi connectivity index (χ4n) is 1.83. The van der Waals surface area contributed by atoms with Crippen LogP contribution in [0.1, 0.15) is 26.2 Å². The topological polar surface area (TPSA) is 40.5 Å². The molecule has 0 radical (unpaired) electrons. The van der Waals surface area contributed by atoms with E-state index in [-0.39, 0.29) is 18.4 Å². The lowest BCUT2D eigenvalue weighted by atomic mass is 9.97. The SMILES string of the molecule is CC1CCN(C(=O)C2(O)CC2)CC1F. The Balaban J connectivity index is 1.96. The lowest BCUT2D eigenvalue weighted by molar-refractivity contribution is -0.145. The van der Waals surface area contributed by atoms with Crippen molar-refractivity contribution in [3.8, 4) is 0 Å². The van der Waals surface area contributed by atoms with Gasteiger partial charge < -0.3 is 10.0 Å². The molecule has 0 aromatic carbocycles. The van der Waals surface area contributed by atoms with Crippen LogP contribution in [0.15, 0.2) is 0 Å². The molecule has 2 atom stereocenters. The maximum absolute atomic E-state index is 13.3.